The van der Waals surface area contributed by atoms with Crippen molar-refractivity contribution >= 4 is 30.4 Å². The molecule has 174 valence electrons. The summed E-state index contributed by atoms with van der Waals surface area (Å²) in [5, 5.41) is 4.19. The lowest BCUT2D eigenvalue weighted by Crippen LogP contribution is -2.42. The van der Waals surface area contributed by atoms with Gasteiger partial charge in [-0.2, -0.15) is 0 Å². The van der Waals surface area contributed by atoms with E-state index >= 15 is 0 Å². The minimum atomic E-state index is -2.01. The minimum Gasteiger partial charge on any atom is -0.331 e. The molecule has 1 N–H and O–H groups in total. The highest BCUT2D eigenvalue weighted by Crippen LogP contribution is 2.66. The predicted molar refractivity (Wildman–Crippen MR) is 141 cm³/mol. The molecule has 31 heavy (non-hydrogen) atoms. The number of hydrogen-bond donors (Lipinski definition) is 1. The molecule has 1 aromatic carbocycles. The van der Waals surface area contributed by atoms with Gasteiger partial charge in [0.15, 0.2) is 5.11 Å². The van der Waals surface area contributed by atoms with E-state index in [0.717, 1.165) is 31.9 Å². The Morgan fingerprint density at radius 2 is 1.32 bits per heavy atom. The Morgan fingerprint density at radius 1 is 0.839 bits per heavy atom. The average Bonchev–Trinajstić information content (AvgIpc) is 3.13. The van der Waals surface area contributed by atoms with Gasteiger partial charge in [0.2, 0.25) is 0 Å². The van der Waals surface area contributed by atoms with Gasteiger partial charge < -0.3 is 5.32 Å². The van der Waals surface area contributed by atoms with Gasteiger partial charge in [-0.3, -0.25) is 9.34 Å². The van der Waals surface area contributed by atoms with Crippen molar-refractivity contribution in [3.8, 4) is 0 Å². The number of hydrogen-bond acceptors (Lipinski definition) is 1. The summed E-state index contributed by atoms with van der Waals surface area (Å²) in [6.07, 6.45) is 10.5. The van der Waals surface area contributed by atoms with Crippen molar-refractivity contribution in [2.24, 2.45) is 4.74 Å². The number of aryl methyl sites for hydroxylation is 2. The van der Waals surface area contributed by atoms with Crippen LogP contribution in [0.3, 0.4) is 0 Å². The Labute approximate surface area is 196 Å². The Hall–Kier alpha value is -0.740. The first-order chi connectivity index (χ1) is 14.7. The van der Waals surface area contributed by atoms with E-state index in [2.05, 4.69) is 67.5 Å². The molecule has 0 amide bonds. The Balaban J connectivity index is 2.04. The molecular formula is C25H43N4PS. The van der Waals surface area contributed by atoms with Crippen molar-refractivity contribution in [2.45, 2.75) is 91.1 Å². The zero-order chi connectivity index (χ0) is 22.5. The van der Waals surface area contributed by atoms with Gasteiger partial charge in [0.1, 0.15) is 7.36 Å². The number of rotatable bonds is 3. The van der Waals surface area contributed by atoms with Crippen LogP contribution in [0.1, 0.15) is 83.3 Å². The fourth-order valence-electron chi connectivity index (χ4n) is 5.06. The van der Waals surface area contributed by atoms with Gasteiger partial charge in [-0.05, 0) is 75.0 Å². The van der Waals surface area contributed by atoms with E-state index in [4.69, 9.17) is 17.0 Å². The van der Waals surface area contributed by atoms with Crippen molar-refractivity contribution in [1.29, 1.82) is 0 Å². The lowest BCUT2D eigenvalue weighted by Gasteiger charge is -2.50. The third kappa shape index (κ3) is 5.99. The fraction of sp³-hybridized carbons (Fsp3) is 0.720. The van der Waals surface area contributed by atoms with Gasteiger partial charge in [0, 0.05) is 37.0 Å². The van der Waals surface area contributed by atoms with E-state index < -0.39 is 7.36 Å². The quantitative estimate of drug-likeness (QED) is 0.370. The zero-order valence-electron chi connectivity index (χ0n) is 20.4. The summed E-state index contributed by atoms with van der Waals surface area (Å²) >= 11 is 5.93. The van der Waals surface area contributed by atoms with E-state index in [1.54, 1.807) is 0 Å². The Bertz CT molecular complexity index is 774. The van der Waals surface area contributed by atoms with Gasteiger partial charge in [-0.25, -0.2) is 4.74 Å². The van der Waals surface area contributed by atoms with E-state index in [1.807, 2.05) is 0 Å². The van der Waals surface area contributed by atoms with Crippen molar-refractivity contribution in [3.05, 3.63) is 29.3 Å². The molecule has 2 aliphatic heterocycles. The number of thiocarbonyl (C=S) groups is 1. The molecule has 1 aromatic rings. The van der Waals surface area contributed by atoms with Gasteiger partial charge in [0.25, 0.3) is 0 Å². The van der Waals surface area contributed by atoms with E-state index in [1.165, 1.54) is 62.5 Å². The fourth-order valence-corrected chi connectivity index (χ4v) is 10.1. The largest absolute Gasteiger partial charge is 0.331 e. The van der Waals surface area contributed by atoms with Crippen LogP contribution >= 0.6 is 19.6 Å². The SMILES string of the molecule is Cc1ccc(NC(=S)N=P(N2CCCCCC2)(N2CCCCCC2)C(C)(C)C)cc1C. The summed E-state index contributed by atoms with van der Waals surface area (Å²) in [7, 11) is -2.01. The molecule has 0 aromatic heterocycles. The smallest absolute Gasteiger partial charge is 0.198 e. The van der Waals surface area contributed by atoms with Crippen molar-refractivity contribution in [3.63, 3.8) is 0 Å². The third-order valence-electron chi connectivity index (χ3n) is 6.84. The van der Waals surface area contributed by atoms with Crippen molar-refractivity contribution < 1.29 is 0 Å². The topological polar surface area (TPSA) is 30.9 Å². The van der Waals surface area contributed by atoms with Crippen LogP contribution in [-0.4, -0.2) is 45.8 Å². The van der Waals surface area contributed by atoms with Crippen LogP contribution in [0.5, 0.6) is 0 Å². The lowest BCUT2D eigenvalue weighted by atomic mass is 10.1. The maximum atomic E-state index is 5.93. The molecule has 4 nitrogen and oxygen atoms in total. The first kappa shape index (κ1) is 24.9. The predicted octanol–water partition coefficient (Wildman–Crippen LogP) is 7.58. The maximum Gasteiger partial charge on any atom is 0.198 e. The summed E-state index contributed by atoms with van der Waals surface area (Å²) < 4.78 is 11.1. The average molecular weight is 463 g/mol. The molecule has 0 unspecified atom stereocenters. The maximum absolute atomic E-state index is 5.93. The summed E-state index contributed by atoms with van der Waals surface area (Å²) in [6.45, 7) is 16.1. The van der Waals surface area contributed by atoms with Gasteiger partial charge in [0.05, 0.1) is 0 Å². The molecule has 0 radical (unpaired) electrons. The number of nitrogens with one attached hydrogen (secondary N) is 1. The van der Waals surface area contributed by atoms with Gasteiger partial charge >= 0.3 is 0 Å². The monoisotopic (exact) mass is 462 g/mol. The normalized spacial score (nSPS) is 20.0. The first-order valence-corrected chi connectivity index (χ1v) is 14.3. The second-order valence-electron chi connectivity index (χ2n) is 10.3. The highest BCUT2D eigenvalue weighted by atomic mass is 32.1. The molecular weight excluding hydrogens is 419 g/mol. The molecule has 0 aliphatic carbocycles. The van der Waals surface area contributed by atoms with Crippen LogP contribution in [0.15, 0.2) is 22.9 Å². The van der Waals surface area contributed by atoms with Crippen LogP contribution in [-0.2, 0) is 0 Å². The molecule has 6 heteroatoms. The second kappa shape index (κ2) is 10.9. The molecule has 0 saturated carbocycles. The molecule has 2 fully saturated rings. The molecule has 2 heterocycles. The number of anilines is 1. The Morgan fingerprint density at radius 3 is 1.74 bits per heavy atom. The summed E-state index contributed by atoms with van der Waals surface area (Å²) in [5.74, 6) is 0. The highest BCUT2D eigenvalue weighted by Gasteiger charge is 2.44. The van der Waals surface area contributed by atoms with E-state index in [0.29, 0.717) is 5.11 Å². The van der Waals surface area contributed by atoms with E-state index in [-0.39, 0.29) is 5.16 Å². The van der Waals surface area contributed by atoms with Crippen molar-refractivity contribution in [1.82, 2.24) is 9.34 Å². The molecule has 2 saturated heterocycles. The Kier molecular flexibility index (Phi) is 8.77. The molecule has 0 atom stereocenters. The number of nitrogens with zero attached hydrogens (tertiary/aromatic N) is 3. The van der Waals surface area contributed by atoms with Gasteiger partial charge in [-0.15, -0.1) is 0 Å². The van der Waals surface area contributed by atoms with Crippen LogP contribution in [0.2, 0.25) is 0 Å². The standard InChI is InChI=1S/C25H43N4PS/c1-21-14-15-23(20-22(21)2)26-24(31)27-30(25(3,4)5,28-16-10-6-7-11-17-28)29-18-12-8-9-13-19-29/h14-15,20H,6-13,16-19H2,1-5H3,(H,26,31). The van der Waals surface area contributed by atoms with Gasteiger partial charge in [-0.1, -0.05) is 52.5 Å². The van der Waals surface area contributed by atoms with Crippen LogP contribution in [0.25, 0.3) is 0 Å². The molecule has 0 bridgehead atoms. The number of benzene rings is 1. The molecule has 3 rings (SSSR count). The summed E-state index contributed by atoms with van der Waals surface area (Å²) in [6, 6.07) is 6.47. The summed E-state index contributed by atoms with van der Waals surface area (Å²) in [5.41, 5.74) is 3.64. The van der Waals surface area contributed by atoms with Crippen LogP contribution < -0.4 is 5.32 Å². The van der Waals surface area contributed by atoms with Crippen LogP contribution in [0.4, 0.5) is 5.69 Å². The first-order valence-electron chi connectivity index (χ1n) is 12.3. The van der Waals surface area contributed by atoms with Crippen molar-refractivity contribution in [2.75, 3.05) is 31.5 Å². The third-order valence-corrected chi connectivity index (χ3v) is 11.8. The minimum absolute atomic E-state index is 0.0522. The van der Waals surface area contributed by atoms with Crippen LogP contribution in [0, 0.1) is 13.8 Å². The summed E-state index contributed by atoms with van der Waals surface area (Å²) in [4.78, 5) is 0. The molecule has 2 aliphatic rings. The molecule has 0 spiro atoms. The lowest BCUT2D eigenvalue weighted by molar-refractivity contribution is 0.368. The zero-order valence-corrected chi connectivity index (χ0v) is 22.1. The highest BCUT2D eigenvalue weighted by molar-refractivity contribution is 7.81. The second-order valence-corrected chi connectivity index (χ2v) is 14.5. The van der Waals surface area contributed by atoms with E-state index in [9.17, 15) is 0 Å².